The van der Waals surface area contributed by atoms with Crippen LogP contribution in [0.25, 0.3) is 0 Å². The summed E-state index contributed by atoms with van der Waals surface area (Å²) in [6.45, 7) is 2.27. The molecule has 1 saturated carbocycles. The zero-order valence-electron chi connectivity index (χ0n) is 10.5. The minimum absolute atomic E-state index is 0.162. The van der Waals surface area contributed by atoms with Crippen LogP contribution in [0.2, 0.25) is 0 Å². The maximum absolute atomic E-state index is 10.8. The van der Waals surface area contributed by atoms with Crippen LogP contribution in [0, 0.1) is 17.0 Å². The van der Waals surface area contributed by atoms with Crippen molar-refractivity contribution in [2.75, 3.05) is 0 Å². The Morgan fingerprint density at radius 2 is 2.17 bits per heavy atom. The summed E-state index contributed by atoms with van der Waals surface area (Å²) >= 11 is 0. The van der Waals surface area contributed by atoms with Gasteiger partial charge in [0.15, 0.2) is 0 Å². The average Bonchev–Trinajstić information content (AvgIpc) is 2.84. The highest BCUT2D eigenvalue weighted by molar-refractivity contribution is 5.44. The smallest absolute Gasteiger partial charge is 0.272 e. The number of hydrogen-bond donors (Lipinski definition) is 1. The molecular formula is C13H18N2O3. The van der Waals surface area contributed by atoms with Gasteiger partial charge in [-0.2, -0.15) is 5.48 Å². The van der Waals surface area contributed by atoms with Crippen LogP contribution in [-0.2, 0) is 11.4 Å². The van der Waals surface area contributed by atoms with Crippen molar-refractivity contribution in [3.05, 3.63) is 39.4 Å². The van der Waals surface area contributed by atoms with E-state index in [2.05, 4.69) is 5.48 Å². The average molecular weight is 250 g/mol. The maximum atomic E-state index is 10.8. The van der Waals surface area contributed by atoms with Crippen LogP contribution in [-0.4, -0.2) is 11.0 Å². The number of nitro groups is 1. The van der Waals surface area contributed by atoms with Gasteiger partial charge < -0.3 is 0 Å². The second-order valence-electron chi connectivity index (χ2n) is 4.66. The SMILES string of the molecule is Cc1c(CNOC2CCCC2)cccc1[N+](=O)[O-]. The molecule has 0 bridgehead atoms. The first-order valence-corrected chi connectivity index (χ1v) is 6.30. The van der Waals surface area contributed by atoms with Crippen molar-refractivity contribution < 1.29 is 9.76 Å². The first kappa shape index (κ1) is 13.0. The normalized spacial score (nSPS) is 16.1. The number of rotatable bonds is 5. The molecule has 0 heterocycles. The zero-order chi connectivity index (χ0) is 13.0. The van der Waals surface area contributed by atoms with Gasteiger partial charge >= 0.3 is 0 Å². The molecule has 0 aromatic heterocycles. The minimum atomic E-state index is -0.351. The van der Waals surface area contributed by atoms with Crippen molar-refractivity contribution in [2.45, 2.75) is 45.3 Å². The van der Waals surface area contributed by atoms with Crippen molar-refractivity contribution in [1.29, 1.82) is 0 Å². The number of hydrogen-bond acceptors (Lipinski definition) is 4. The lowest BCUT2D eigenvalue weighted by Gasteiger charge is -2.12. The quantitative estimate of drug-likeness (QED) is 0.644. The minimum Gasteiger partial charge on any atom is -0.298 e. The zero-order valence-corrected chi connectivity index (χ0v) is 10.5. The lowest BCUT2D eigenvalue weighted by molar-refractivity contribution is -0.385. The molecule has 0 spiro atoms. The summed E-state index contributed by atoms with van der Waals surface area (Å²) in [5, 5.41) is 10.8. The molecule has 0 aliphatic heterocycles. The molecule has 0 atom stereocenters. The van der Waals surface area contributed by atoms with E-state index in [0.29, 0.717) is 18.2 Å². The summed E-state index contributed by atoms with van der Waals surface area (Å²) in [6, 6.07) is 5.11. The van der Waals surface area contributed by atoms with E-state index in [-0.39, 0.29) is 10.6 Å². The van der Waals surface area contributed by atoms with Crippen LogP contribution >= 0.6 is 0 Å². The molecule has 18 heavy (non-hydrogen) atoms. The van der Waals surface area contributed by atoms with Crippen LogP contribution in [0.4, 0.5) is 5.69 Å². The van der Waals surface area contributed by atoms with Crippen LogP contribution < -0.4 is 5.48 Å². The first-order chi connectivity index (χ1) is 8.68. The molecule has 1 aliphatic rings. The molecular weight excluding hydrogens is 232 g/mol. The Hall–Kier alpha value is -1.46. The molecule has 0 unspecified atom stereocenters. The molecule has 5 heteroatoms. The molecule has 98 valence electrons. The third-order valence-electron chi connectivity index (χ3n) is 3.43. The van der Waals surface area contributed by atoms with Gasteiger partial charge in [0.1, 0.15) is 0 Å². The van der Waals surface area contributed by atoms with E-state index >= 15 is 0 Å². The van der Waals surface area contributed by atoms with E-state index in [9.17, 15) is 10.1 Å². The van der Waals surface area contributed by atoms with Crippen molar-refractivity contribution in [2.24, 2.45) is 0 Å². The largest absolute Gasteiger partial charge is 0.298 e. The lowest BCUT2D eigenvalue weighted by Crippen LogP contribution is -2.21. The van der Waals surface area contributed by atoms with Crippen LogP contribution in [0.1, 0.15) is 36.8 Å². The number of benzene rings is 1. The van der Waals surface area contributed by atoms with Gasteiger partial charge in [0.05, 0.1) is 11.0 Å². The van der Waals surface area contributed by atoms with Gasteiger partial charge in [-0.1, -0.05) is 25.0 Å². The molecule has 0 saturated heterocycles. The fraction of sp³-hybridized carbons (Fsp3) is 0.538. The van der Waals surface area contributed by atoms with Gasteiger partial charge in [0.2, 0.25) is 0 Å². The number of nitrogens with zero attached hydrogens (tertiary/aromatic N) is 1. The van der Waals surface area contributed by atoms with Crippen LogP contribution in [0.15, 0.2) is 18.2 Å². The van der Waals surface area contributed by atoms with Gasteiger partial charge in [-0.3, -0.25) is 15.0 Å². The Bertz CT molecular complexity index is 428. The van der Waals surface area contributed by atoms with Gasteiger partial charge in [0.25, 0.3) is 5.69 Å². The summed E-state index contributed by atoms with van der Waals surface area (Å²) in [5.41, 5.74) is 4.69. The Kier molecular flexibility index (Phi) is 4.28. The molecule has 0 amide bonds. The van der Waals surface area contributed by atoms with E-state index < -0.39 is 0 Å². The Morgan fingerprint density at radius 3 is 2.83 bits per heavy atom. The molecule has 5 nitrogen and oxygen atoms in total. The molecule has 1 aromatic carbocycles. The molecule has 0 radical (unpaired) electrons. The van der Waals surface area contributed by atoms with E-state index in [1.807, 2.05) is 6.07 Å². The van der Waals surface area contributed by atoms with Gasteiger partial charge in [0, 0.05) is 18.2 Å². The monoisotopic (exact) mass is 250 g/mol. The van der Waals surface area contributed by atoms with Crippen molar-refractivity contribution in [3.8, 4) is 0 Å². The standard InChI is InChI=1S/C13H18N2O3/c1-10-11(5-4-8-13(10)15(16)17)9-14-18-12-6-2-3-7-12/h4-5,8,12,14H,2-3,6-7,9H2,1H3. The number of nitrogens with one attached hydrogen (secondary N) is 1. The summed E-state index contributed by atoms with van der Waals surface area (Å²) in [6.07, 6.45) is 4.94. The van der Waals surface area contributed by atoms with Crippen LogP contribution in [0.3, 0.4) is 0 Å². The summed E-state index contributed by atoms with van der Waals surface area (Å²) in [5.74, 6) is 0. The Balaban J connectivity index is 1.92. The fourth-order valence-electron chi connectivity index (χ4n) is 2.30. The Labute approximate surface area is 106 Å². The molecule has 1 aromatic rings. The first-order valence-electron chi connectivity index (χ1n) is 6.30. The van der Waals surface area contributed by atoms with E-state index in [0.717, 1.165) is 18.4 Å². The molecule has 1 aliphatic carbocycles. The van der Waals surface area contributed by atoms with Crippen LogP contribution in [0.5, 0.6) is 0 Å². The van der Waals surface area contributed by atoms with E-state index in [1.54, 1.807) is 13.0 Å². The van der Waals surface area contributed by atoms with Crippen molar-refractivity contribution >= 4 is 5.69 Å². The highest BCUT2D eigenvalue weighted by Gasteiger charge is 2.16. The third kappa shape index (κ3) is 3.05. The Morgan fingerprint density at radius 1 is 1.44 bits per heavy atom. The van der Waals surface area contributed by atoms with Crippen molar-refractivity contribution in [3.63, 3.8) is 0 Å². The van der Waals surface area contributed by atoms with Gasteiger partial charge in [-0.25, -0.2) is 0 Å². The molecule has 1 fully saturated rings. The number of nitro benzene ring substituents is 1. The van der Waals surface area contributed by atoms with E-state index in [4.69, 9.17) is 4.84 Å². The predicted octanol–water partition coefficient (Wildman–Crippen LogP) is 2.87. The van der Waals surface area contributed by atoms with E-state index in [1.165, 1.54) is 18.9 Å². The predicted molar refractivity (Wildman–Crippen MR) is 68.0 cm³/mol. The highest BCUT2D eigenvalue weighted by atomic mass is 16.7. The highest BCUT2D eigenvalue weighted by Crippen LogP contribution is 2.22. The maximum Gasteiger partial charge on any atom is 0.272 e. The van der Waals surface area contributed by atoms with Crippen molar-refractivity contribution in [1.82, 2.24) is 5.48 Å². The molecule has 1 N–H and O–H groups in total. The summed E-state index contributed by atoms with van der Waals surface area (Å²) < 4.78 is 0. The van der Waals surface area contributed by atoms with Gasteiger partial charge in [-0.15, -0.1) is 0 Å². The fourth-order valence-corrected chi connectivity index (χ4v) is 2.30. The second kappa shape index (κ2) is 5.93. The number of hydroxylamine groups is 1. The third-order valence-corrected chi connectivity index (χ3v) is 3.43. The summed E-state index contributed by atoms with van der Waals surface area (Å²) in [4.78, 5) is 16.0. The molecule has 2 rings (SSSR count). The topological polar surface area (TPSA) is 64.4 Å². The second-order valence-corrected chi connectivity index (χ2v) is 4.66. The van der Waals surface area contributed by atoms with Gasteiger partial charge in [-0.05, 0) is 25.3 Å². The lowest BCUT2D eigenvalue weighted by atomic mass is 10.1. The summed E-state index contributed by atoms with van der Waals surface area (Å²) in [7, 11) is 0.